The lowest BCUT2D eigenvalue weighted by atomic mass is 9.88. The lowest BCUT2D eigenvalue weighted by Gasteiger charge is -2.22. The number of hydrogen-bond donors (Lipinski definition) is 3. The van der Waals surface area contributed by atoms with Crippen molar-refractivity contribution in [1.29, 1.82) is 0 Å². The van der Waals surface area contributed by atoms with E-state index in [-0.39, 0.29) is 29.9 Å². The van der Waals surface area contributed by atoms with E-state index in [1.165, 1.54) is 0 Å². The monoisotopic (exact) mass is 404 g/mol. The zero-order chi connectivity index (χ0) is 20.2. The molecule has 1 rings (SSSR count). The van der Waals surface area contributed by atoms with Gasteiger partial charge in [-0.05, 0) is 51.4 Å². The van der Waals surface area contributed by atoms with Crippen molar-refractivity contribution < 1.29 is 24.9 Å². The number of carboxylic acids is 1. The van der Waals surface area contributed by atoms with Crippen LogP contribution in [0.15, 0.2) is 12.2 Å². The summed E-state index contributed by atoms with van der Waals surface area (Å²) in [5, 5.41) is 28.2. The first kappa shape index (κ1) is 24.4. The third-order valence-electron chi connectivity index (χ3n) is 5.50. The molecule has 0 saturated heterocycles. The molecule has 27 heavy (non-hydrogen) atoms. The minimum Gasteiger partial charge on any atom is -0.481 e. The molecule has 158 valence electrons. The number of carboxylic acid groups (broad SMARTS) is 1. The van der Waals surface area contributed by atoms with Crippen molar-refractivity contribution >= 4 is 17.6 Å². The zero-order valence-electron chi connectivity index (χ0n) is 16.7. The first-order valence-corrected chi connectivity index (χ1v) is 10.7. The van der Waals surface area contributed by atoms with E-state index in [0.717, 1.165) is 44.9 Å². The Morgan fingerprint density at radius 3 is 2.52 bits per heavy atom. The second kappa shape index (κ2) is 13.5. The van der Waals surface area contributed by atoms with Crippen LogP contribution < -0.4 is 0 Å². The summed E-state index contributed by atoms with van der Waals surface area (Å²) in [6.07, 6.45) is 11.1. The molecule has 0 aliphatic heterocycles. The molecular weight excluding hydrogens is 368 g/mol. The Morgan fingerprint density at radius 2 is 1.89 bits per heavy atom. The van der Waals surface area contributed by atoms with E-state index in [9.17, 15) is 15.0 Å². The van der Waals surface area contributed by atoms with Crippen LogP contribution in [0.4, 0.5) is 0 Å². The second-order valence-electron chi connectivity index (χ2n) is 7.85. The number of methoxy groups -OCH3 is 1. The molecule has 0 heterocycles. The fourth-order valence-corrected chi connectivity index (χ4v) is 4.42. The summed E-state index contributed by atoms with van der Waals surface area (Å²) < 4.78 is 5.62. The quantitative estimate of drug-likeness (QED) is 0.230. The molecule has 0 aromatic heterocycles. The number of aliphatic hydroxyl groups excluding tert-OH is 2. The van der Waals surface area contributed by atoms with Crippen molar-refractivity contribution in [2.45, 2.75) is 94.8 Å². The van der Waals surface area contributed by atoms with Crippen LogP contribution in [0.1, 0.15) is 71.1 Å². The highest BCUT2D eigenvalue weighted by Gasteiger charge is 2.40. The lowest BCUT2D eigenvalue weighted by molar-refractivity contribution is -0.137. The molecule has 0 amide bonds. The van der Waals surface area contributed by atoms with Gasteiger partial charge in [-0.25, -0.2) is 0 Å². The van der Waals surface area contributed by atoms with E-state index in [1.807, 2.05) is 6.08 Å². The molecule has 0 bridgehead atoms. The van der Waals surface area contributed by atoms with E-state index in [1.54, 1.807) is 14.0 Å². The summed E-state index contributed by atoms with van der Waals surface area (Å²) in [5.74, 6) is -0.216. The number of ether oxygens (including phenoxy) is 1. The van der Waals surface area contributed by atoms with Gasteiger partial charge in [-0.15, -0.1) is 11.6 Å². The summed E-state index contributed by atoms with van der Waals surface area (Å²) in [7, 11) is 1.71. The summed E-state index contributed by atoms with van der Waals surface area (Å²) in [6, 6.07) is 0. The molecular formula is C21H37ClO5. The molecule has 1 saturated carbocycles. The maximum Gasteiger partial charge on any atom is 0.303 e. The van der Waals surface area contributed by atoms with Crippen molar-refractivity contribution in [3.05, 3.63) is 12.2 Å². The number of halogens is 1. The topological polar surface area (TPSA) is 87.0 Å². The summed E-state index contributed by atoms with van der Waals surface area (Å²) >= 11 is 6.58. The van der Waals surface area contributed by atoms with E-state index in [4.69, 9.17) is 21.4 Å². The minimum atomic E-state index is -0.730. The van der Waals surface area contributed by atoms with E-state index < -0.39 is 12.1 Å². The van der Waals surface area contributed by atoms with Crippen LogP contribution in [0.2, 0.25) is 0 Å². The van der Waals surface area contributed by atoms with Crippen molar-refractivity contribution in [2.24, 2.45) is 11.8 Å². The van der Waals surface area contributed by atoms with Gasteiger partial charge in [0.2, 0.25) is 0 Å². The second-order valence-corrected chi connectivity index (χ2v) is 8.41. The highest BCUT2D eigenvalue weighted by atomic mass is 35.5. The van der Waals surface area contributed by atoms with Gasteiger partial charge in [0, 0.05) is 24.8 Å². The standard InChI is InChI=1S/C21H37ClO5/c1-15(23)8-7-9-16(24)12-13-18-17(19(22)14-20(18)27-2)10-5-3-4-6-11-21(25)26/h12-13,15-20,23-24H,3-11,14H2,1-2H3,(H,25,26)/b13-12+/t15-,16+,17-,18-,19-,20-/m1/s1. The van der Waals surface area contributed by atoms with E-state index >= 15 is 0 Å². The van der Waals surface area contributed by atoms with Gasteiger partial charge in [0.1, 0.15) is 0 Å². The highest BCUT2D eigenvalue weighted by Crippen LogP contribution is 2.41. The molecule has 0 radical (unpaired) electrons. The molecule has 0 aromatic rings. The van der Waals surface area contributed by atoms with E-state index in [0.29, 0.717) is 18.8 Å². The Bertz CT molecular complexity index is 440. The van der Waals surface area contributed by atoms with Crippen LogP contribution in [-0.4, -0.2) is 52.1 Å². The maximum absolute atomic E-state index is 10.6. The predicted octanol–water partition coefficient (Wildman–Crippen LogP) is 4.14. The molecule has 0 unspecified atom stereocenters. The Morgan fingerprint density at radius 1 is 1.19 bits per heavy atom. The Hall–Kier alpha value is -0.620. The number of aliphatic hydroxyl groups is 2. The fraction of sp³-hybridized carbons (Fsp3) is 0.857. The van der Waals surface area contributed by atoms with Crippen LogP contribution in [0.25, 0.3) is 0 Å². The number of alkyl halides is 1. The third kappa shape index (κ3) is 9.93. The van der Waals surface area contributed by atoms with Crippen LogP contribution in [0, 0.1) is 11.8 Å². The smallest absolute Gasteiger partial charge is 0.303 e. The van der Waals surface area contributed by atoms with E-state index in [2.05, 4.69) is 6.08 Å². The van der Waals surface area contributed by atoms with Crippen LogP contribution >= 0.6 is 11.6 Å². The largest absolute Gasteiger partial charge is 0.481 e. The zero-order valence-corrected chi connectivity index (χ0v) is 17.5. The van der Waals surface area contributed by atoms with Crippen LogP contribution in [0.3, 0.4) is 0 Å². The van der Waals surface area contributed by atoms with Crippen LogP contribution in [-0.2, 0) is 9.53 Å². The highest BCUT2D eigenvalue weighted by molar-refractivity contribution is 6.21. The number of unbranched alkanes of at least 4 members (excludes halogenated alkanes) is 3. The maximum atomic E-state index is 10.6. The average molecular weight is 405 g/mol. The van der Waals surface area contributed by atoms with Gasteiger partial charge in [-0.2, -0.15) is 0 Å². The molecule has 1 aliphatic carbocycles. The molecule has 1 aliphatic rings. The predicted molar refractivity (Wildman–Crippen MR) is 108 cm³/mol. The lowest BCUT2D eigenvalue weighted by Crippen LogP contribution is -2.21. The van der Waals surface area contributed by atoms with Gasteiger partial charge >= 0.3 is 5.97 Å². The minimum absolute atomic E-state index is 0.0657. The Balaban J connectivity index is 2.46. The average Bonchev–Trinajstić information content (AvgIpc) is 2.90. The molecule has 3 N–H and O–H groups in total. The third-order valence-corrected chi connectivity index (χ3v) is 6.01. The van der Waals surface area contributed by atoms with Crippen LogP contribution in [0.5, 0.6) is 0 Å². The van der Waals surface area contributed by atoms with Gasteiger partial charge in [0.25, 0.3) is 0 Å². The molecule has 6 heteroatoms. The number of carbonyl (C=O) groups is 1. The number of rotatable bonds is 14. The first-order valence-electron chi connectivity index (χ1n) is 10.3. The summed E-state index contributed by atoms with van der Waals surface area (Å²) in [5.41, 5.74) is 0. The van der Waals surface area contributed by atoms with Gasteiger partial charge in [-0.3, -0.25) is 4.79 Å². The Kier molecular flexibility index (Phi) is 12.2. The van der Waals surface area contributed by atoms with Crippen molar-refractivity contribution in [3.63, 3.8) is 0 Å². The number of hydrogen-bond acceptors (Lipinski definition) is 4. The molecule has 5 nitrogen and oxygen atoms in total. The van der Waals surface area contributed by atoms with Crippen molar-refractivity contribution in [1.82, 2.24) is 0 Å². The van der Waals surface area contributed by atoms with Gasteiger partial charge in [0.05, 0.1) is 18.3 Å². The van der Waals surface area contributed by atoms with Crippen molar-refractivity contribution in [3.8, 4) is 0 Å². The van der Waals surface area contributed by atoms with Gasteiger partial charge < -0.3 is 20.1 Å². The van der Waals surface area contributed by atoms with Gasteiger partial charge in [0.15, 0.2) is 0 Å². The first-order chi connectivity index (χ1) is 12.8. The molecule has 1 fully saturated rings. The van der Waals surface area contributed by atoms with Gasteiger partial charge in [-0.1, -0.05) is 31.4 Å². The Labute approximate surface area is 168 Å². The summed E-state index contributed by atoms with van der Waals surface area (Å²) in [6.45, 7) is 1.76. The molecule has 0 aromatic carbocycles. The fourth-order valence-electron chi connectivity index (χ4n) is 3.95. The SMILES string of the molecule is CO[C@@H]1C[C@@H](Cl)[C@H](CCCCCCC(=O)O)[C@H]1/C=C/[C@@H](O)CCC[C@@H](C)O. The summed E-state index contributed by atoms with van der Waals surface area (Å²) in [4.78, 5) is 10.6. The molecule has 0 spiro atoms. The molecule has 6 atom stereocenters. The van der Waals surface area contributed by atoms with Crippen molar-refractivity contribution in [2.75, 3.05) is 7.11 Å². The normalized spacial score (nSPS) is 27.9. The number of aliphatic carboxylic acids is 1.